The topological polar surface area (TPSA) is 83.6 Å². The number of benzene rings is 1. The first-order valence-corrected chi connectivity index (χ1v) is 6.70. The molecule has 0 spiro atoms. The predicted molar refractivity (Wildman–Crippen MR) is 79.0 cm³/mol. The molecule has 0 radical (unpaired) electrons. The molecule has 1 atom stereocenters. The standard InChI is InChI=1S/C14H14ClN5O/c1-8-4-5-11(6-12(8)15)17-14(21)10(3)20-9(2)13(7-16)18-19-20/h4-6,10H,1-3H3,(H,17,21). The molecule has 1 aromatic carbocycles. The van der Waals surface area contributed by atoms with Crippen molar-refractivity contribution in [3.05, 3.63) is 40.2 Å². The summed E-state index contributed by atoms with van der Waals surface area (Å²) in [6.07, 6.45) is 0. The van der Waals surface area contributed by atoms with Crippen molar-refractivity contribution < 1.29 is 4.79 Å². The monoisotopic (exact) mass is 303 g/mol. The Morgan fingerprint density at radius 2 is 2.19 bits per heavy atom. The number of hydrogen-bond acceptors (Lipinski definition) is 4. The molecule has 0 saturated heterocycles. The second kappa shape index (κ2) is 5.94. The number of nitriles is 1. The summed E-state index contributed by atoms with van der Waals surface area (Å²) in [5.74, 6) is -0.257. The minimum absolute atomic E-state index is 0.216. The van der Waals surface area contributed by atoms with Crippen LogP contribution in [0.5, 0.6) is 0 Å². The molecule has 1 heterocycles. The third-order valence-electron chi connectivity index (χ3n) is 3.22. The van der Waals surface area contributed by atoms with E-state index in [1.165, 1.54) is 4.68 Å². The van der Waals surface area contributed by atoms with Crippen LogP contribution in [0.2, 0.25) is 5.02 Å². The van der Waals surface area contributed by atoms with E-state index in [-0.39, 0.29) is 11.6 Å². The van der Waals surface area contributed by atoms with Gasteiger partial charge in [0.25, 0.3) is 0 Å². The molecular weight excluding hydrogens is 290 g/mol. The van der Waals surface area contributed by atoms with E-state index in [1.807, 2.05) is 19.1 Å². The average molecular weight is 304 g/mol. The Balaban J connectivity index is 2.17. The van der Waals surface area contributed by atoms with Gasteiger partial charge < -0.3 is 5.32 Å². The third kappa shape index (κ3) is 3.03. The van der Waals surface area contributed by atoms with E-state index in [9.17, 15) is 4.79 Å². The lowest BCUT2D eigenvalue weighted by Crippen LogP contribution is -2.25. The molecular formula is C14H14ClN5O. The summed E-state index contributed by atoms with van der Waals surface area (Å²) in [4.78, 5) is 12.2. The predicted octanol–water partition coefficient (Wildman–Crippen LogP) is 2.62. The summed E-state index contributed by atoms with van der Waals surface area (Å²) in [7, 11) is 0. The van der Waals surface area contributed by atoms with Crippen LogP contribution in [0.3, 0.4) is 0 Å². The van der Waals surface area contributed by atoms with Gasteiger partial charge in [-0.3, -0.25) is 4.79 Å². The first-order chi connectivity index (χ1) is 9.93. The number of halogens is 1. The van der Waals surface area contributed by atoms with Crippen LogP contribution in [-0.4, -0.2) is 20.9 Å². The van der Waals surface area contributed by atoms with Gasteiger partial charge in [0.1, 0.15) is 12.1 Å². The SMILES string of the molecule is Cc1ccc(NC(=O)C(C)n2nnc(C#N)c2C)cc1Cl. The Kier molecular flexibility index (Phi) is 4.24. The van der Waals surface area contributed by atoms with Gasteiger partial charge in [0.2, 0.25) is 5.91 Å². The zero-order valence-corrected chi connectivity index (χ0v) is 12.6. The first-order valence-electron chi connectivity index (χ1n) is 6.33. The molecule has 2 rings (SSSR count). The minimum atomic E-state index is -0.584. The number of aryl methyl sites for hydroxylation is 1. The smallest absolute Gasteiger partial charge is 0.249 e. The van der Waals surface area contributed by atoms with Crippen molar-refractivity contribution >= 4 is 23.2 Å². The Morgan fingerprint density at radius 1 is 1.48 bits per heavy atom. The Bertz CT molecular complexity index is 731. The molecule has 0 aliphatic carbocycles. The molecule has 108 valence electrons. The lowest BCUT2D eigenvalue weighted by molar-refractivity contribution is -0.119. The molecule has 0 saturated carbocycles. The summed E-state index contributed by atoms with van der Waals surface area (Å²) in [5.41, 5.74) is 2.32. The molecule has 2 aromatic rings. The lowest BCUT2D eigenvalue weighted by Gasteiger charge is -2.14. The van der Waals surface area contributed by atoms with Crippen LogP contribution in [-0.2, 0) is 4.79 Å². The van der Waals surface area contributed by atoms with Crippen molar-refractivity contribution in [3.8, 4) is 6.07 Å². The maximum atomic E-state index is 12.2. The number of anilines is 1. The highest BCUT2D eigenvalue weighted by atomic mass is 35.5. The van der Waals surface area contributed by atoms with E-state index in [1.54, 1.807) is 26.0 Å². The minimum Gasteiger partial charge on any atom is -0.324 e. The zero-order chi connectivity index (χ0) is 15.6. The van der Waals surface area contributed by atoms with E-state index >= 15 is 0 Å². The number of hydrogen-bond donors (Lipinski definition) is 1. The van der Waals surface area contributed by atoms with E-state index in [4.69, 9.17) is 16.9 Å². The van der Waals surface area contributed by atoms with Gasteiger partial charge >= 0.3 is 0 Å². The first kappa shape index (κ1) is 15.0. The van der Waals surface area contributed by atoms with Gasteiger partial charge in [-0.15, -0.1) is 5.10 Å². The number of nitrogens with zero attached hydrogens (tertiary/aromatic N) is 4. The highest BCUT2D eigenvalue weighted by Crippen LogP contribution is 2.21. The third-order valence-corrected chi connectivity index (χ3v) is 3.63. The fourth-order valence-electron chi connectivity index (χ4n) is 1.84. The summed E-state index contributed by atoms with van der Waals surface area (Å²) in [5, 5.41) is 19.8. The molecule has 0 aliphatic rings. The average Bonchev–Trinajstić information content (AvgIpc) is 2.83. The molecule has 7 heteroatoms. The zero-order valence-electron chi connectivity index (χ0n) is 11.9. The van der Waals surface area contributed by atoms with Crippen LogP contribution < -0.4 is 5.32 Å². The van der Waals surface area contributed by atoms with Crippen molar-refractivity contribution in [3.63, 3.8) is 0 Å². The molecule has 1 N–H and O–H groups in total. The van der Waals surface area contributed by atoms with Crippen molar-refractivity contribution in [2.45, 2.75) is 26.8 Å². The van der Waals surface area contributed by atoms with E-state index in [0.29, 0.717) is 16.4 Å². The summed E-state index contributed by atoms with van der Waals surface area (Å²) < 4.78 is 1.42. The van der Waals surface area contributed by atoms with Gasteiger partial charge in [0, 0.05) is 10.7 Å². The van der Waals surface area contributed by atoms with Gasteiger partial charge in [-0.25, -0.2) is 4.68 Å². The number of nitrogens with one attached hydrogen (secondary N) is 1. The summed E-state index contributed by atoms with van der Waals surface area (Å²) >= 11 is 6.03. The van der Waals surface area contributed by atoms with Gasteiger partial charge in [-0.05, 0) is 38.5 Å². The number of rotatable bonds is 3. The number of carbonyl (C=O) groups excluding carboxylic acids is 1. The molecule has 1 unspecified atom stereocenters. The molecule has 6 nitrogen and oxygen atoms in total. The van der Waals surface area contributed by atoms with Crippen LogP contribution in [0.4, 0.5) is 5.69 Å². The quantitative estimate of drug-likeness (QED) is 0.944. The van der Waals surface area contributed by atoms with Crippen LogP contribution in [0.15, 0.2) is 18.2 Å². The normalized spacial score (nSPS) is 11.8. The van der Waals surface area contributed by atoms with Crippen LogP contribution in [0.25, 0.3) is 0 Å². The van der Waals surface area contributed by atoms with E-state index in [2.05, 4.69) is 15.6 Å². The Hall–Kier alpha value is -2.39. The van der Waals surface area contributed by atoms with Gasteiger partial charge in [0.05, 0.1) is 5.69 Å². The number of carbonyl (C=O) groups is 1. The van der Waals surface area contributed by atoms with E-state index < -0.39 is 6.04 Å². The molecule has 21 heavy (non-hydrogen) atoms. The summed E-state index contributed by atoms with van der Waals surface area (Å²) in [6, 6.07) is 6.65. The van der Waals surface area contributed by atoms with Crippen molar-refractivity contribution in [1.29, 1.82) is 5.26 Å². The van der Waals surface area contributed by atoms with Crippen molar-refractivity contribution in [2.24, 2.45) is 0 Å². The largest absolute Gasteiger partial charge is 0.324 e. The summed E-state index contributed by atoms with van der Waals surface area (Å²) in [6.45, 7) is 5.28. The van der Waals surface area contributed by atoms with Crippen molar-refractivity contribution in [2.75, 3.05) is 5.32 Å². The lowest BCUT2D eigenvalue weighted by atomic mass is 10.2. The fraction of sp³-hybridized carbons (Fsp3) is 0.286. The molecule has 0 aliphatic heterocycles. The Morgan fingerprint density at radius 3 is 2.76 bits per heavy atom. The molecule has 1 aromatic heterocycles. The number of aromatic nitrogens is 3. The molecule has 1 amide bonds. The molecule has 0 fully saturated rings. The van der Waals surface area contributed by atoms with Gasteiger partial charge in [-0.2, -0.15) is 5.26 Å². The maximum Gasteiger partial charge on any atom is 0.249 e. The Labute approximate surface area is 127 Å². The second-order valence-electron chi connectivity index (χ2n) is 4.71. The second-order valence-corrected chi connectivity index (χ2v) is 5.12. The fourth-order valence-corrected chi connectivity index (χ4v) is 2.02. The van der Waals surface area contributed by atoms with E-state index in [0.717, 1.165) is 5.56 Å². The highest BCUT2D eigenvalue weighted by molar-refractivity contribution is 6.31. The van der Waals surface area contributed by atoms with Crippen LogP contribution in [0, 0.1) is 25.2 Å². The van der Waals surface area contributed by atoms with Gasteiger partial charge in [0.15, 0.2) is 5.69 Å². The van der Waals surface area contributed by atoms with Crippen LogP contribution >= 0.6 is 11.6 Å². The molecule has 0 bridgehead atoms. The number of amides is 1. The highest BCUT2D eigenvalue weighted by Gasteiger charge is 2.20. The maximum absolute atomic E-state index is 12.2. The van der Waals surface area contributed by atoms with Crippen LogP contribution in [0.1, 0.15) is 29.9 Å². The van der Waals surface area contributed by atoms with Gasteiger partial charge in [-0.1, -0.05) is 22.9 Å². The van der Waals surface area contributed by atoms with Crippen molar-refractivity contribution in [1.82, 2.24) is 15.0 Å².